The van der Waals surface area contributed by atoms with Crippen molar-refractivity contribution in [1.82, 2.24) is 19.3 Å². The fraction of sp³-hybridized carbons (Fsp3) is 0.167. The quantitative estimate of drug-likeness (QED) is 0.543. The molecule has 0 atom stereocenters. The van der Waals surface area contributed by atoms with Gasteiger partial charge in [0.25, 0.3) is 5.56 Å². The van der Waals surface area contributed by atoms with E-state index in [1.54, 1.807) is 0 Å². The number of para-hydroxylation sites is 1. The zero-order valence-electron chi connectivity index (χ0n) is 13.2. The van der Waals surface area contributed by atoms with Crippen LogP contribution in [0.2, 0.25) is 0 Å². The van der Waals surface area contributed by atoms with Gasteiger partial charge in [-0.2, -0.15) is 4.68 Å². The molecule has 0 spiro atoms. The number of aryl methyl sites for hydroxylation is 2. The third-order valence-electron chi connectivity index (χ3n) is 4.54. The van der Waals surface area contributed by atoms with Crippen LogP contribution in [0.5, 0.6) is 0 Å². The highest BCUT2D eigenvalue weighted by molar-refractivity contribution is 5.90. The Bertz CT molecular complexity index is 1060. The van der Waals surface area contributed by atoms with Crippen molar-refractivity contribution in [3.8, 4) is 17.1 Å². The monoisotopic (exact) mass is 304 g/mol. The third kappa shape index (κ3) is 1.90. The van der Waals surface area contributed by atoms with Gasteiger partial charge in [-0.25, -0.2) is 4.98 Å². The van der Waals surface area contributed by atoms with Crippen molar-refractivity contribution in [2.45, 2.75) is 13.8 Å². The van der Waals surface area contributed by atoms with E-state index < -0.39 is 0 Å². The van der Waals surface area contributed by atoms with Crippen LogP contribution in [-0.4, -0.2) is 19.3 Å². The van der Waals surface area contributed by atoms with Gasteiger partial charge in [0, 0.05) is 35.4 Å². The van der Waals surface area contributed by atoms with E-state index in [4.69, 9.17) is 0 Å². The van der Waals surface area contributed by atoms with Crippen LogP contribution in [0.1, 0.15) is 11.4 Å². The Morgan fingerprint density at radius 2 is 1.70 bits per heavy atom. The molecule has 0 amide bonds. The Morgan fingerprint density at radius 1 is 1.00 bits per heavy atom. The normalized spacial score (nSPS) is 11.4. The highest BCUT2D eigenvalue weighted by Crippen LogP contribution is 2.26. The Hall–Kier alpha value is -2.95. The minimum atomic E-state index is -0.142. The highest BCUT2D eigenvalue weighted by Gasteiger charge is 2.18. The molecule has 3 heterocycles. The second-order valence-electron chi connectivity index (χ2n) is 5.75. The first-order chi connectivity index (χ1) is 11.1. The molecule has 5 heteroatoms. The zero-order chi connectivity index (χ0) is 16.1. The fourth-order valence-electron chi connectivity index (χ4n) is 2.99. The zero-order valence-corrected chi connectivity index (χ0v) is 13.2. The van der Waals surface area contributed by atoms with E-state index in [9.17, 15) is 4.79 Å². The standard InChI is InChI=1S/C18H16N4O/c1-11-14-9-15-17(19-10-16(14)12(2)21(11)3)20-22(18(15)23)13-7-5-4-6-8-13/h4-10H,1-3H3. The minimum Gasteiger partial charge on any atom is -0.351 e. The molecule has 0 fully saturated rings. The van der Waals surface area contributed by atoms with Crippen molar-refractivity contribution in [3.63, 3.8) is 0 Å². The Morgan fingerprint density at radius 3 is 2.43 bits per heavy atom. The molecule has 4 rings (SSSR count). The van der Waals surface area contributed by atoms with Crippen LogP contribution in [0.25, 0.3) is 27.8 Å². The topological polar surface area (TPSA) is 52.7 Å². The SMILES string of the molecule is Cc1c2cnc3nn(-c4ccccc4)c(=O)c-3cc2c(C)n1C. The number of hydrogen-bond acceptors (Lipinski definition) is 3. The van der Waals surface area contributed by atoms with Gasteiger partial charge in [0.2, 0.25) is 0 Å². The maximum absolute atomic E-state index is 12.8. The number of aromatic nitrogens is 4. The summed E-state index contributed by atoms with van der Waals surface area (Å²) >= 11 is 0. The maximum atomic E-state index is 12.8. The van der Waals surface area contributed by atoms with Crippen LogP contribution < -0.4 is 5.56 Å². The molecule has 0 unspecified atom stereocenters. The van der Waals surface area contributed by atoms with Gasteiger partial charge < -0.3 is 4.57 Å². The molecule has 0 saturated carbocycles. The summed E-state index contributed by atoms with van der Waals surface area (Å²) in [4.78, 5) is 17.2. The van der Waals surface area contributed by atoms with E-state index in [2.05, 4.69) is 21.6 Å². The number of fused-ring (bicyclic) bond motifs is 2. The van der Waals surface area contributed by atoms with E-state index >= 15 is 0 Å². The molecule has 0 radical (unpaired) electrons. The van der Waals surface area contributed by atoms with Gasteiger partial charge in [-0.3, -0.25) is 4.79 Å². The Balaban J connectivity index is 2.08. The lowest BCUT2D eigenvalue weighted by Gasteiger charge is -1.98. The van der Waals surface area contributed by atoms with Gasteiger partial charge in [-0.15, -0.1) is 5.10 Å². The van der Waals surface area contributed by atoms with Gasteiger partial charge in [-0.1, -0.05) is 18.2 Å². The minimum absolute atomic E-state index is 0.142. The van der Waals surface area contributed by atoms with Crippen molar-refractivity contribution in [2.75, 3.05) is 0 Å². The van der Waals surface area contributed by atoms with E-state index in [1.807, 2.05) is 56.6 Å². The number of benzene rings is 1. The summed E-state index contributed by atoms with van der Waals surface area (Å²) < 4.78 is 3.53. The summed E-state index contributed by atoms with van der Waals surface area (Å²) in [6.07, 6.45) is 1.81. The number of nitrogens with zero attached hydrogens (tertiary/aromatic N) is 4. The van der Waals surface area contributed by atoms with Crippen molar-refractivity contribution in [3.05, 3.63) is 64.3 Å². The lowest BCUT2D eigenvalue weighted by Crippen LogP contribution is -2.14. The Kier molecular flexibility index (Phi) is 2.84. The molecule has 0 saturated heterocycles. The molecule has 0 aliphatic carbocycles. The van der Waals surface area contributed by atoms with Gasteiger partial charge in [-0.05, 0) is 32.0 Å². The Labute approximate surface area is 133 Å². The molecule has 114 valence electrons. The summed E-state index contributed by atoms with van der Waals surface area (Å²) in [6.45, 7) is 4.10. The predicted molar refractivity (Wildman–Crippen MR) is 90.2 cm³/mol. The lowest BCUT2D eigenvalue weighted by molar-refractivity contribution is 0.848. The second kappa shape index (κ2) is 4.78. The van der Waals surface area contributed by atoms with Crippen molar-refractivity contribution in [2.24, 2.45) is 7.05 Å². The van der Waals surface area contributed by atoms with Crippen molar-refractivity contribution >= 4 is 10.8 Å². The molecule has 5 nitrogen and oxygen atoms in total. The molecule has 1 aromatic carbocycles. The van der Waals surface area contributed by atoms with E-state index in [0.29, 0.717) is 11.4 Å². The third-order valence-corrected chi connectivity index (χ3v) is 4.54. The molecule has 1 aromatic heterocycles. The van der Waals surface area contributed by atoms with Crippen LogP contribution in [0.3, 0.4) is 0 Å². The van der Waals surface area contributed by atoms with Gasteiger partial charge in [0.1, 0.15) is 0 Å². The summed E-state index contributed by atoms with van der Waals surface area (Å²) in [6, 6.07) is 11.3. The summed E-state index contributed by atoms with van der Waals surface area (Å²) in [5.41, 5.74) is 3.39. The molecule has 2 aliphatic heterocycles. The van der Waals surface area contributed by atoms with Crippen LogP contribution >= 0.6 is 0 Å². The first-order valence-electron chi connectivity index (χ1n) is 7.48. The largest absolute Gasteiger partial charge is 0.351 e. The van der Waals surface area contributed by atoms with Gasteiger partial charge in [0.15, 0.2) is 5.82 Å². The average Bonchev–Trinajstić information content (AvgIpc) is 2.89. The predicted octanol–water partition coefficient (Wildman–Crippen LogP) is 2.84. The average molecular weight is 304 g/mol. The molecular formula is C18H16N4O. The molecule has 2 aromatic rings. The molecule has 0 N–H and O–H groups in total. The summed E-state index contributed by atoms with van der Waals surface area (Å²) in [7, 11) is 2.02. The maximum Gasteiger partial charge on any atom is 0.282 e. The van der Waals surface area contributed by atoms with Crippen LogP contribution in [0.15, 0.2) is 47.4 Å². The van der Waals surface area contributed by atoms with Crippen molar-refractivity contribution in [1.29, 1.82) is 0 Å². The van der Waals surface area contributed by atoms with E-state index in [1.165, 1.54) is 4.68 Å². The van der Waals surface area contributed by atoms with Crippen molar-refractivity contribution < 1.29 is 0 Å². The summed E-state index contributed by atoms with van der Waals surface area (Å²) in [5.74, 6) is 0.469. The van der Waals surface area contributed by atoms with Crippen LogP contribution in [0, 0.1) is 13.8 Å². The van der Waals surface area contributed by atoms with Crippen LogP contribution in [-0.2, 0) is 7.05 Å². The fourth-order valence-corrected chi connectivity index (χ4v) is 2.99. The van der Waals surface area contributed by atoms with Gasteiger partial charge >= 0.3 is 0 Å². The molecular weight excluding hydrogens is 288 g/mol. The highest BCUT2D eigenvalue weighted by atomic mass is 16.1. The molecule has 0 bridgehead atoms. The lowest BCUT2D eigenvalue weighted by atomic mass is 10.2. The number of rotatable bonds is 1. The smallest absolute Gasteiger partial charge is 0.282 e. The molecule has 23 heavy (non-hydrogen) atoms. The summed E-state index contributed by atoms with van der Waals surface area (Å²) in [5, 5.41) is 6.48. The van der Waals surface area contributed by atoms with E-state index in [0.717, 1.165) is 27.8 Å². The molecule has 2 aliphatic rings. The van der Waals surface area contributed by atoms with Crippen LogP contribution in [0.4, 0.5) is 0 Å². The second-order valence-corrected chi connectivity index (χ2v) is 5.75. The van der Waals surface area contributed by atoms with E-state index in [-0.39, 0.29) is 5.56 Å². The first-order valence-corrected chi connectivity index (χ1v) is 7.48. The van der Waals surface area contributed by atoms with Gasteiger partial charge in [0.05, 0.1) is 11.3 Å². The number of hydrogen-bond donors (Lipinski definition) is 0. The first kappa shape index (κ1) is 13.7.